The highest BCUT2D eigenvalue weighted by Gasteiger charge is 2.33. The number of sulfonamides is 1. The SMILES string of the molecule is O=C(O)c1ccccc1NC(=O)C1CCN(S(=O)(=O)c2ccc3c(c2)OCCO3)CC1. The number of fused-ring (bicyclic) bond motifs is 1. The Morgan fingerprint density at radius 3 is 2.39 bits per heavy atom. The molecule has 0 spiro atoms. The lowest BCUT2D eigenvalue weighted by atomic mass is 9.97. The molecule has 31 heavy (non-hydrogen) atoms. The number of para-hydroxylation sites is 1. The number of hydrogen-bond acceptors (Lipinski definition) is 6. The van der Waals surface area contributed by atoms with Gasteiger partial charge < -0.3 is 19.9 Å². The average Bonchev–Trinajstić information content (AvgIpc) is 2.79. The molecule has 0 atom stereocenters. The van der Waals surface area contributed by atoms with Gasteiger partial charge in [-0.05, 0) is 37.1 Å². The van der Waals surface area contributed by atoms with E-state index in [2.05, 4.69) is 5.32 Å². The van der Waals surface area contributed by atoms with Gasteiger partial charge in [0, 0.05) is 25.1 Å². The summed E-state index contributed by atoms with van der Waals surface area (Å²) in [4.78, 5) is 24.1. The minimum atomic E-state index is -3.73. The van der Waals surface area contributed by atoms with Crippen molar-refractivity contribution in [1.82, 2.24) is 4.31 Å². The number of carbonyl (C=O) groups is 2. The molecule has 2 aliphatic heterocycles. The predicted octanol–water partition coefficient (Wildman–Crippen LogP) is 2.20. The van der Waals surface area contributed by atoms with E-state index in [1.807, 2.05) is 0 Å². The first-order chi connectivity index (χ1) is 14.9. The van der Waals surface area contributed by atoms with Crippen molar-refractivity contribution in [3.63, 3.8) is 0 Å². The van der Waals surface area contributed by atoms with Gasteiger partial charge >= 0.3 is 5.97 Å². The fourth-order valence-corrected chi connectivity index (χ4v) is 5.19. The largest absolute Gasteiger partial charge is 0.486 e. The van der Waals surface area contributed by atoms with Crippen LogP contribution in [0.4, 0.5) is 5.69 Å². The number of nitrogens with zero attached hydrogens (tertiary/aromatic N) is 1. The Bertz CT molecular complexity index is 1110. The van der Waals surface area contributed by atoms with Crippen molar-refractivity contribution in [1.29, 1.82) is 0 Å². The van der Waals surface area contributed by atoms with E-state index in [9.17, 15) is 23.1 Å². The van der Waals surface area contributed by atoms with Crippen molar-refractivity contribution in [3.05, 3.63) is 48.0 Å². The number of carboxylic acids is 1. The zero-order valence-electron chi connectivity index (χ0n) is 16.6. The van der Waals surface area contributed by atoms with Crippen molar-refractivity contribution >= 4 is 27.6 Å². The molecule has 4 rings (SSSR count). The summed E-state index contributed by atoms with van der Waals surface area (Å²) in [6.45, 7) is 1.17. The number of amides is 1. The van der Waals surface area contributed by atoms with Crippen LogP contribution in [0.5, 0.6) is 11.5 Å². The molecule has 2 heterocycles. The normalized spacial score (nSPS) is 17.2. The predicted molar refractivity (Wildman–Crippen MR) is 111 cm³/mol. The van der Waals surface area contributed by atoms with E-state index < -0.39 is 21.9 Å². The fourth-order valence-electron chi connectivity index (χ4n) is 3.70. The number of aromatic carboxylic acids is 1. The van der Waals surface area contributed by atoms with Crippen LogP contribution in [0.25, 0.3) is 0 Å². The van der Waals surface area contributed by atoms with Gasteiger partial charge in [0.2, 0.25) is 15.9 Å². The maximum absolute atomic E-state index is 13.0. The van der Waals surface area contributed by atoms with E-state index in [1.165, 1.54) is 28.6 Å². The molecule has 2 aromatic carbocycles. The standard InChI is InChI=1S/C21H22N2O7S/c24-20(22-17-4-2-1-3-16(17)21(25)26)14-7-9-23(10-8-14)31(27,28)15-5-6-18-19(13-15)30-12-11-29-18/h1-6,13-14H,7-12H2,(H,22,24)(H,25,26). The maximum Gasteiger partial charge on any atom is 0.337 e. The van der Waals surface area contributed by atoms with Gasteiger partial charge in [-0.15, -0.1) is 0 Å². The molecule has 0 saturated carbocycles. The summed E-state index contributed by atoms with van der Waals surface area (Å²) in [6, 6.07) is 10.7. The first kappa shape index (κ1) is 21.1. The van der Waals surface area contributed by atoms with Crippen LogP contribution in [0.1, 0.15) is 23.2 Å². The number of carbonyl (C=O) groups excluding carboxylic acids is 1. The Morgan fingerprint density at radius 2 is 1.68 bits per heavy atom. The number of ether oxygens (including phenoxy) is 2. The topological polar surface area (TPSA) is 122 Å². The van der Waals surface area contributed by atoms with Crippen LogP contribution in [-0.4, -0.2) is 56.0 Å². The van der Waals surface area contributed by atoms with Crippen LogP contribution in [0.2, 0.25) is 0 Å². The molecule has 1 saturated heterocycles. The highest BCUT2D eigenvalue weighted by molar-refractivity contribution is 7.89. The van der Waals surface area contributed by atoms with E-state index in [4.69, 9.17) is 9.47 Å². The summed E-state index contributed by atoms with van der Waals surface area (Å²) >= 11 is 0. The molecule has 0 aliphatic carbocycles. The lowest BCUT2D eigenvalue weighted by molar-refractivity contribution is -0.120. The second kappa shape index (κ2) is 8.56. The van der Waals surface area contributed by atoms with Crippen LogP contribution in [0, 0.1) is 5.92 Å². The van der Waals surface area contributed by atoms with Crippen LogP contribution < -0.4 is 14.8 Å². The highest BCUT2D eigenvalue weighted by atomic mass is 32.2. The van der Waals surface area contributed by atoms with Crippen molar-refractivity contribution in [3.8, 4) is 11.5 Å². The highest BCUT2D eigenvalue weighted by Crippen LogP contribution is 2.34. The van der Waals surface area contributed by atoms with Crippen molar-refractivity contribution in [2.75, 3.05) is 31.6 Å². The number of anilines is 1. The van der Waals surface area contributed by atoms with Gasteiger partial charge in [-0.25, -0.2) is 13.2 Å². The number of carboxylic acid groups (broad SMARTS) is 1. The first-order valence-electron chi connectivity index (χ1n) is 9.89. The summed E-state index contributed by atoms with van der Waals surface area (Å²) < 4.78 is 38.3. The fraction of sp³-hybridized carbons (Fsp3) is 0.333. The molecular weight excluding hydrogens is 424 g/mol. The Labute approximate surface area is 179 Å². The minimum absolute atomic E-state index is 0.00877. The van der Waals surface area contributed by atoms with Crippen LogP contribution in [0.15, 0.2) is 47.4 Å². The van der Waals surface area contributed by atoms with Crippen LogP contribution >= 0.6 is 0 Å². The second-order valence-corrected chi connectivity index (χ2v) is 9.26. The second-order valence-electron chi connectivity index (χ2n) is 7.32. The van der Waals surface area contributed by atoms with E-state index in [-0.39, 0.29) is 35.1 Å². The number of piperidine rings is 1. The summed E-state index contributed by atoms with van der Waals surface area (Å²) in [7, 11) is -3.73. The van der Waals surface area contributed by atoms with E-state index in [1.54, 1.807) is 18.2 Å². The molecule has 9 nitrogen and oxygen atoms in total. The first-order valence-corrected chi connectivity index (χ1v) is 11.3. The van der Waals surface area contributed by atoms with Crippen molar-refractivity contribution in [2.45, 2.75) is 17.7 Å². The summed E-state index contributed by atoms with van der Waals surface area (Å²) in [5.74, 6) is -0.934. The Hall–Kier alpha value is -3.11. The monoisotopic (exact) mass is 446 g/mol. The summed E-state index contributed by atoms with van der Waals surface area (Å²) in [6.07, 6.45) is 0.676. The molecule has 164 valence electrons. The molecule has 2 N–H and O–H groups in total. The molecule has 1 fully saturated rings. The van der Waals surface area contributed by atoms with Gasteiger partial charge in [0.1, 0.15) is 13.2 Å². The minimum Gasteiger partial charge on any atom is -0.486 e. The molecule has 0 unspecified atom stereocenters. The Morgan fingerprint density at radius 1 is 1.00 bits per heavy atom. The molecule has 2 aliphatic rings. The maximum atomic E-state index is 13.0. The van der Waals surface area contributed by atoms with Crippen molar-refractivity contribution in [2.24, 2.45) is 5.92 Å². The number of rotatable bonds is 5. The molecule has 0 aromatic heterocycles. The zero-order chi connectivity index (χ0) is 22.0. The van der Waals surface area contributed by atoms with Gasteiger partial charge in [0.05, 0.1) is 16.1 Å². The zero-order valence-corrected chi connectivity index (χ0v) is 17.4. The van der Waals surface area contributed by atoms with Gasteiger partial charge in [0.15, 0.2) is 11.5 Å². The number of hydrogen-bond donors (Lipinski definition) is 2. The molecular formula is C21H22N2O7S. The number of benzene rings is 2. The van der Waals surface area contributed by atoms with Gasteiger partial charge in [-0.1, -0.05) is 12.1 Å². The Balaban J connectivity index is 1.41. The third-order valence-electron chi connectivity index (χ3n) is 5.39. The third kappa shape index (κ3) is 4.35. The summed E-state index contributed by atoms with van der Waals surface area (Å²) in [5, 5.41) is 11.9. The van der Waals surface area contributed by atoms with Crippen molar-refractivity contribution < 1.29 is 32.6 Å². The quantitative estimate of drug-likeness (QED) is 0.722. The number of nitrogens with one attached hydrogen (secondary N) is 1. The lowest BCUT2D eigenvalue weighted by Crippen LogP contribution is -2.41. The van der Waals surface area contributed by atoms with Crippen LogP contribution in [-0.2, 0) is 14.8 Å². The molecule has 10 heteroatoms. The average molecular weight is 446 g/mol. The van der Waals surface area contributed by atoms with E-state index in [0.717, 1.165) is 0 Å². The molecule has 1 amide bonds. The smallest absolute Gasteiger partial charge is 0.337 e. The van der Waals surface area contributed by atoms with Gasteiger partial charge in [-0.3, -0.25) is 4.79 Å². The van der Waals surface area contributed by atoms with Crippen LogP contribution in [0.3, 0.4) is 0 Å². The van der Waals surface area contributed by atoms with Gasteiger partial charge in [0.25, 0.3) is 0 Å². The molecule has 0 radical (unpaired) electrons. The lowest BCUT2D eigenvalue weighted by Gasteiger charge is -2.31. The van der Waals surface area contributed by atoms with E-state index in [0.29, 0.717) is 37.6 Å². The third-order valence-corrected chi connectivity index (χ3v) is 7.29. The van der Waals surface area contributed by atoms with E-state index >= 15 is 0 Å². The van der Waals surface area contributed by atoms with Gasteiger partial charge in [-0.2, -0.15) is 4.31 Å². The molecule has 0 bridgehead atoms. The Kier molecular flexibility index (Phi) is 5.84. The summed E-state index contributed by atoms with van der Waals surface area (Å²) in [5.41, 5.74) is 0.237. The molecule has 2 aromatic rings.